The Morgan fingerprint density at radius 2 is 2.06 bits per heavy atom. The molecule has 3 rings (SSSR count). The van der Waals surface area contributed by atoms with Gasteiger partial charge in [0.05, 0.1) is 12.5 Å². The van der Waals surface area contributed by atoms with Crippen LogP contribution in [0.2, 0.25) is 0 Å². The molecular weight excluding hydrogens is 216 g/mol. The van der Waals surface area contributed by atoms with Crippen molar-refractivity contribution in [3.63, 3.8) is 0 Å². The van der Waals surface area contributed by atoms with Gasteiger partial charge in [0.2, 0.25) is 5.91 Å². The summed E-state index contributed by atoms with van der Waals surface area (Å²) in [7, 11) is 0. The van der Waals surface area contributed by atoms with Crippen molar-refractivity contribution in [1.82, 2.24) is 10.6 Å². The molecule has 0 aromatic rings. The minimum atomic E-state index is 0.106. The highest BCUT2D eigenvalue weighted by Crippen LogP contribution is 2.32. The molecule has 2 heterocycles. The van der Waals surface area contributed by atoms with Gasteiger partial charge in [0.1, 0.15) is 0 Å². The summed E-state index contributed by atoms with van der Waals surface area (Å²) in [5.74, 6) is 1.97. The highest BCUT2D eigenvalue weighted by atomic mass is 16.5. The lowest BCUT2D eigenvalue weighted by Crippen LogP contribution is -2.43. The monoisotopic (exact) mass is 238 g/mol. The third-order valence-corrected chi connectivity index (χ3v) is 4.60. The van der Waals surface area contributed by atoms with Gasteiger partial charge in [-0.1, -0.05) is 0 Å². The van der Waals surface area contributed by atoms with Crippen molar-refractivity contribution in [1.29, 1.82) is 0 Å². The smallest absolute Gasteiger partial charge is 0.225 e. The summed E-state index contributed by atoms with van der Waals surface area (Å²) in [4.78, 5) is 12.0. The van der Waals surface area contributed by atoms with Crippen LogP contribution in [0.25, 0.3) is 0 Å². The van der Waals surface area contributed by atoms with Crippen molar-refractivity contribution in [3.8, 4) is 0 Å². The van der Waals surface area contributed by atoms with E-state index in [-0.39, 0.29) is 11.8 Å². The van der Waals surface area contributed by atoms with E-state index in [1.165, 1.54) is 13.0 Å². The lowest BCUT2D eigenvalue weighted by Gasteiger charge is -2.32. The lowest BCUT2D eigenvalue weighted by molar-refractivity contribution is -0.126. The minimum Gasteiger partial charge on any atom is -0.381 e. The summed E-state index contributed by atoms with van der Waals surface area (Å²) >= 11 is 0. The lowest BCUT2D eigenvalue weighted by atomic mass is 9.79. The molecular formula is C13H22N2O2. The fraction of sp³-hybridized carbons (Fsp3) is 0.923. The van der Waals surface area contributed by atoms with Crippen molar-refractivity contribution in [2.75, 3.05) is 26.3 Å². The standard InChI is InChI=1S/C13H22N2O2/c16-13(10-3-4-17-8-10)15-12-2-1-9-6-14-7-11(9)5-12/h9-12,14H,1-8H2,(H,15,16)/t9-,10?,11+,12?/m0/s1. The minimum absolute atomic E-state index is 0.106. The van der Waals surface area contributed by atoms with Crippen molar-refractivity contribution in [2.45, 2.75) is 31.7 Å². The van der Waals surface area contributed by atoms with Gasteiger partial charge in [0, 0.05) is 12.6 Å². The second-order valence-electron chi connectivity index (χ2n) is 5.76. The fourth-order valence-electron chi connectivity index (χ4n) is 3.49. The van der Waals surface area contributed by atoms with E-state index in [1.807, 2.05) is 0 Å². The number of fused-ring (bicyclic) bond motifs is 1. The third-order valence-electron chi connectivity index (χ3n) is 4.60. The molecule has 0 radical (unpaired) electrons. The molecule has 4 atom stereocenters. The van der Waals surface area contributed by atoms with Gasteiger partial charge in [-0.3, -0.25) is 4.79 Å². The first-order valence-corrected chi connectivity index (χ1v) is 6.92. The summed E-state index contributed by atoms with van der Waals surface area (Å²) in [6.45, 7) is 3.69. The van der Waals surface area contributed by atoms with Gasteiger partial charge in [-0.05, 0) is 50.6 Å². The van der Waals surface area contributed by atoms with Gasteiger partial charge in [-0.2, -0.15) is 0 Å². The zero-order valence-electron chi connectivity index (χ0n) is 10.3. The first kappa shape index (κ1) is 11.5. The zero-order chi connectivity index (χ0) is 11.7. The number of ether oxygens (including phenoxy) is 1. The number of carbonyl (C=O) groups excluding carboxylic acids is 1. The van der Waals surface area contributed by atoms with Crippen LogP contribution >= 0.6 is 0 Å². The summed E-state index contributed by atoms with van der Waals surface area (Å²) in [6.07, 6.45) is 4.48. The van der Waals surface area contributed by atoms with E-state index in [9.17, 15) is 4.79 Å². The SMILES string of the molecule is O=C(NC1CC[C@H]2CNC[C@H]2C1)C1CCOC1. The molecule has 3 aliphatic rings. The molecule has 4 heteroatoms. The topological polar surface area (TPSA) is 50.4 Å². The van der Waals surface area contributed by atoms with E-state index >= 15 is 0 Å². The first-order valence-electron chi connectivity index (χ1n) is 6.92. The Morgan fingerprint density at radius 1 is 1.18 bits per heavy atom. The van der Waals surface area contributed by atoms with Crippen molar-refractivity contribution >= 4 is 5.91 Å². The average molecular weight is 238 g/mol. The van der Waals surface area contributed by atoms with Crippen LogP contribution < -0.4 is 10.6 Å². The molecule has 0 bridgehead atoms. The van der Waals surface area contributed by atoms with Gasteiger partial charge >= 0.3 is 0 Å². The van der Waals surface area contributed by atoms with E-state index in [4.69, 9.17) is 4.74 Å². The molecule has 1 amide bonds. The summed E-state index contributed by atoms with van der Waals surface area (Å²) in [6, 6.07) is 0.407. The zero-order valence-corrected chi connectivity index (χ0v) is 10.3. The number of rotatable bonds is 2. The summed E-state index contributed by atoms with van der Waals surface area (Å²) < 4.78 is 5.27. The molecule has 96 valence electrons. The highest BCUT2D eigenvalue weighted by molar-refractivity contribution is 5.79. The molecule has 2 aliphatic heterocycles. The van der Waals surface area contributed by atoms with E-state index in [0.717, 1.165) is 44.2 Å². The molecule has 2 unspecified atom stereocenters. The third kappa shape index (κ3) is 2.47. The average Bonchev–Trinajstić information content (AvgIpc) is 2.99. The first-order chi connectivity index (χ1) is 8.33. The van der Waals surface area contributed by atoms with Crippen molar-refractivity contribution in [3.05, 3.63) is 0 Å². The Balaban J connectivity index is 1.50. The van der Waals surface area contributed by atoms with Crippen LogP contribution in [0.15, 0.2) is 0 Å². The predicted molar refractivity (Wildman–Crippen MR) is 64.6 cm³/mol. The van der Waals surface area contributed by atoms with Crippen LogP contribution in [0, 0.1) is 17.8 Å². The second-order valence-corrected chi connectivity index (χ2v) is 5.76. The number of amides is 1. The van der Waals surface area contributed by atoms with Crippen LogP contribution in [0.3, 0.4) is 0 Å². The van der Waals surface area contributed by atoms with Gasteiger partial charge in [-0.15, -0.1) is 0 Å². The molecule has 1 aliphatic carbocycles. The Morgan fingerprint density at radius 3 is 2.88 bits per heavy atom. The van der Waals surface area contributed by atoms with Gasteiger partial charge < -0.3 is 15.4 Å². The van der Waals surface area contributed by atoms with Crippen LogP contribution in [0.4, 0.5) is 0 Å². The molecule has 4 nitrogen and oxygen atoms in total. The van der Waals surface area contributed by atoms with Crippen molar-refractivity contribution < 1.29 is 9.53 Å². The Bertz CT molecular complexity index is 289. The maximum absolute atomic E-state index is 12.0. The molecule has 3 fully saturated rings. The highest BCUT2D eigenvalue weighted by Gasteiger charge is 2.35. The summed E-state index contributed by atoms with van der Waals surface area (Å²) in [5.41, 5.74) is 0. The molecule has 0 aromatic carbocycles. The molecule has 2 saturated heterocycles. The number of nitrogens with one attached hydrogen (secondary N) is 2. The molecule has 0 spiro atoms. The van der Waals surface area contributed by atoms with Gasteiger partial charge in [0.25, 0.3) is 0 Å². The Labute approximate surface area is 102 Å². The number of hydrogen-bond acceptors (Lipinski definition) is 3. The quantitative estimate of drug-likeness (QED) is 0.738. The molecule has 0 aromatic heterocycles. The largest absolute Gasteiger partial charge is 0.381 e. The maximum atomic E-state index is 12.0. The predicted octanol–water partition coefficient (Wildman–Crippen LogP) is 0.527. The number of carbonyl (C=O) groups is 1. The van der Waals surface area contributed by atoms with Gasteiger partial charge in [0.15, 0.2) is 0 Å². The van der Waals surface area contributed by atoms with E-state index in [2.05, 4.69) is 10.6 Å². The number of hydrogen-bond donors (Lipinski definition) is 2. The summed E-state index contributed by atoms with van der Waals surface area (Å²) in [5, 5.41) is 6.69. The normalized spacial score (nSPS) is 41.2. The van der Waals surface area contributed by atoms with E-state index < -0.39 is 0 Å². The van der Waals surface area contributed by atoms with Crippen LogP contribution in [-0.4, -0.2) is 38.3 Å². The van der Waals surface area contributed by atoms with Crippen molar-refractivity contribution in [2.24, 2.45) is 17.8 Å². The Hall–Kier alpha value is -0.610. The maximum Gasteiger partial charge on any atom is 0.225 e. The van der Waals surface area contributed by atoms with Crippen LogP contribution in [-0.2, 0) is 9.53 Å². The van der Waals surface area contributed by atoms with E-state index in [1.54, 1.807) is 0 Å². The molecule has 17 heavy (non-hydrogen) atoms. The van der Waals surface area contributed by atoms with Crippen LogP contribution in [0.1, 0.15) is 25.7 Å². The second kappa shape index (κ2) is 4.94. The van der Waals surface area contributed by atoms with Gasteiger partial charge in [-0.25, -0.2) is 0 Å². The fourth-order valence-corrected chi connectivity index (χ4v) is 3.49. The van der Waals surface area contributed by atoms with E-state index in [0.29, 0.717) is 12.6 Å². The molecule has 2 N–H and O–H groups in total. The Kier molecular flexibility index (Phi) is 3.34. The molecule has 1 saturated carbocycles. The van der Waals surface area contributed by atoms with Crippen LogP contribution in [0.5, 0.6) is 0 Å².